The molecule has 1 atom stereocenters. The number of carbonyl (C=O) groups excluding carboxylic acids is 1. The summed E-state index contributed by atoms with van der Waals surface area (Å²) in [6.45, 7) is 3.50. The summed E-state index contributed by atoms with van der Waals surface area (Å²) in [6.07, 6.45) is 3.41. The number of aliphatic hydroxyl groups excluding tert-OH is 1. The highest BCUT2D eigenvalue weighted by Gasteiger charge is 2.17. The molecular formula is C13H18N2O2S. The van der Waals surface area contributed by atoms with Crippen LogP contribution in [0.2, 0.25) is 0 Å². The van der Waals surface area contributed by atoms with Crippen molar-refractivity contribution in [3.05, 3.63) is 23.9 Å². The monoisotopic (exact) mass is 266 g/mol. The third-order valence-corrected chi connectivity index (χ3v) is 3.97. The zero-order chi connectivity index (χ0) is 13.0. The van der Waals surface area contributed by atoms with Crippen molar-refractivity contribution in [2.24, 2.45) is 0 Å². The maximum Gasteiger partial charge on any atom is 0.232 e. The Morgan fingerprint density at radius 2 is 2.22 bits per heavy atom. The summed E-state index contributed by atoms with van der Waals surface area (Å²) in [5, 5.41) is 10.2. The van der Waals surface area contributed by atoms with Crippen molar-refractivity contribution in [3.8, 4) is 0 Å². The predicted molar refractivity (Wildman–Crippen MR) is 71.4 cm³/mol. The number of amides is 1. The van der Waals surface area contributed by atoms with E-state index >= 15 is 0 Å². The van der Waals surface area contributed by atoms with Crippen LogP contribution in [0.5, 0.6) is 0 Å². The summed E-state index contributed by atoms with van der Waals surface area (Å²) in [4.78, 5) is 18.0. The molecule has 5 heteroatoms. The zero-order valence-corrected chi connectivity index (χ0v) is 11.3. The van der Waals surface area contributed by atoms with Gasteiger partial charge in [-0.2, -0.15) is 0 Å². The van der Waals surface area contributed by atoms with E-state index in [-0.39, 0.29) is 5.91 Å². The van der Waals surface area contributed by atoms with Gasteiger partial charge in [-0.1, -0.05) is 17.8 Å². The highest BCUT2D eigenvalue weighted by molar-refractivity contribution is 7.99. The number of hydrogen-bond acceptors (Lipinski definition) is 4. The first kappa shape index (κ1) is 13.4. The normalized spacial score (nSPS) is 16.9. The van der Waals surface area contributed by atoms with E-state index in [0.29, 0.717) is 5.75 Å². The van der Waals surface area contributed by atoms with Crippen molar-refractivity contribution in [2.45, 2.75) is 30.9 Å². The molecule has 2 heterocycles. The highest BCUT2D eigenvalue weighted by Crippen LogP contribution is 2.19. The van der Waals surface area contributed by atoms with Crippen LogP contribution in [0.3, 0.4) is 0 Å². The molecule has 98 valence electrons. The SMILES string of the molecule is C[C@H](O)c1ccc(SCC(=O)N2CCCC2)nc1. The van der Waals surface area contributed by atoms with Gasteiger partial charge in [0.1, 0.15) is 0 Å². The average Bonchev–Trinajstić information content (AvgIpc) is 2.90. The van der Waals surface area contributed by atoms with Gasteiger partial charge in [-0.05, 0) is 31.4 Å². The van der Waals surface area contributed by atoms with Crippen LogP contribution >= 0.6 is 11.8 Å². The Kier molecular flexibility index (Phi) is 4.60. The molecule has 1 saturated heterocycles. The molecule has 0 radical (unpaired) electrons. The smallest absolute Gasteiger partial charge is 0.232 e. The summed E-state index contributed by atoms with van der Waals surface area (Å²) < 4.78 is 0. The fraction of sp³-hybridized carbons (Fsp3) is 0.538. The van der Waals surface area contributed by atoms with Gasteiger partial charge in [-0.3, -0.25) is 4.79 Å². The molecule has 0 spiro atoms. The topological polar surface area (TPSA) is 53.4 Å². The number of thioether (sulfide) groups is 1. The Balaban J connectivity index is 1.84. The van der Waals surface area contributed by atoms with E-state index in [1.54, 1.807) is 13.1 Å². The molecule has 1 aromatic rings. The van der Waals surface area contributed by atoms with Gasteiger partial charge >= 0.3 is 0 Å². The zero-order valence-electron chi connectivity index (χ0n) is 10.5. The molecular weight excluding hydrogens is 248 g/mol. The third kappa shape index (κ3) is 3.46. The maximum atomic E-state index is 11.8. The number of aliphatic hydroxyl groups is 1. The first-order valence-electron chi connectivity index (χ1n) is 6.21. The van der Waals surface area contributed by atoms with Gasteiger partial charge < -0.3 is 10.0 Å². The van der Waals surface area contributed by atoms with E-state index in [2.05, 4.69) is 4.98 Å². The van der Waals surface area contributed by atoms with Crippen molar-refractivity contribution in [3.63, 3.8) is 0 Å². The lowest BCUT2D eigenvalue weighted by molar-refractivity contribution is -0.127. The van der Waals surface area contributed by atoms with E-state index in [0.717, 1.165) is 36.5 Å². The molecule has 0 saturated carbocycles. The van der Waals surface area contributed by atoms with Crippen LogP contribution in [0, 0.1) is 0 Å². The molecule has 1 aromatic heterocycles. The summed E-state index contributed by atoms with van der Waals surface area (Å²) >= 11 is 1.45. The summed E-state index contributed by atoms with van der Waals surface area (Å²) in [5.74, 6) is 0.639. The number of nitrogens with zero attached hydrogens (tertiary/aromatic N) is 2. The van der Waals surface area contributed by atoms with E-state index < -0.39 is 6.10 Å². The van der Waals surface area contributed by atoms with Crippen molar-refractivity contribution in [1.29, 1.82) is 0 Å². The molecule has 1 fully saturated rings. The lowest BCUT2D eigenvalue weighted by Crippen LogP contribution is -2.29. The van der Waals surface area contributed by atoms with Gasteiger partial charge in [0.25, 0.3) is 0 Å². The average molecular weight is 266 g/mol. The second-order valence-corrected chi connectivity index (χ2v) is 5.48. The molecule has 1 amide bonds. The summed E-state index contributed by atoms with van der Waals surface area (Å²) in [6, 6.07) is 3.70. The molecule has 0 aliphatic carbocycles. The Hall–Kier alpha value is -1.07. The Labute approximate surface area is 111 Å². The van der Waals surface area contributed by atoms with Crippen LogP contribution in [-0.4, -0.2) is 39.7 Å². The van der Waals surface area contributed by atoms with E-state index in [1.165, 1.54) is 11.8 Å². The van der Waals surface area contributed by atoms with Gasteiger partial charge in [0, 0.05) is 19.3 Å². The molecule has 1 N–H and O–H groups in total. The Morgan fingerprint density at radius 1 is 1.50 bits per heavy atom. The molecule has 18 heavy (non-hydrogen) atoms. The van der Waals surface area contributed by atoms with Crippen LogP contribution in [0.4, 0.5) is 0 Å². The first-order valence-corrected chi connectivity index (χ1v) is 7.20. The maximum absolute atomic E-state index is 11.8. The molecule has 4 nitrogen and oxygen atoms in total. The quantitative estimate of drug-likeness (QED) is 0.845. The van der Waals surface area contributed by atoms with Crippen molar-refractivity contribution in [2.75, 3.05) is 18.8 Å². The van der Waals surface area contributed by atoms with Gasteiger partial charge in [0.2, 0.25) is 5.91 Å². The summed E-state index contributed by atoms with van der Waals surface area (Å²) in [5.41, 5.74) is 0.796. The van der Waals surface area contributed by atoms with Crippen LogP contribution in [0.25, 0.3) is 0 Å². The van der Waals surface area contributed by atoms with E-state index in [9.17, 15) is 9.90 Å². The second-order valence-electron chi connectivity index (χ2n) is 4.48. The standard InChI is InChI=1S/C13H18N2O2S/c1-10(16)11-4-5-12(14-8-11)18-9-13(17)15-6-2-3-7-15/h4-5,8,10,16H,2-3,6-7,9H2,1H3/t10-/m0/s1. The van der Waals surface area contributed by atoms with Gasteiger partial charge in [0.05, 0.1) is 16.9 Å². The van der Waals surface area contributed by atoms with E-state index in [4.69, 9.17) is 0 Å². The minimum atomic E-state index is -0.497. The lowest BCUT2D eigenvalue weighted by Gasteiger charge is -2.14. The minimum absolute atomic E-state index is 0.193. The van der Waals surface area contributed by atoms with Gasteiger partial charge in [0.15, 0.2) is 0 Å². The summed E-state index contributed by atoms with van der Waals surface area (Å²) in [7, 11) is 0. The number of aromatic nitrogens is 1. The number of hydrogen-bond donors (Lipinski definition) is 1. The Morgan fingerprint density at radius 3 is 2.78 bits per heavy atom. The first-order chi connectivity index (χ1) is 8.66. The molecule has 0 bridgehead atoms. The Bertz CT molecular complexity index is 400. The van der Waals surface area contributed by atoms with Crippen molar-refractivity contribution >= 4 is 17.7 Å². The second kappa shape index (κ2) is 6.20. The van der Waals surface area contributed by atoms with Crippen molar-refractivity contribution in [1.82, 2.24) is 9.88 Å². The largest absolute Gasteiger partial charge is 0.389 e. The third-order valence-electron chi connectivity index (χ3n) is 3.04. The molecule has 2 rings (SSSR count). The van der Waals surface area contributed by atoms with Crippen molar-refractivity contribution < 1.29 is 9.90 Å². The molecule has 0 aromatic carbocycles. The van der Waals surface area contributed by atoms with Gasteiger partial charge in [-0.25, -0.2) is 4.98 Å². The minimum Gasteiger partial charge on any atom is -0.389 e. The van der Waals surface area contributed by atoms with Gasteiger partial charge in [-0.15, -0.1) is 0 Å². The van der Waals surface area contributed by atoms with Crippen LogP contribution in [0.15, 0.2) is 23.4 Å². The molecule has 1 aliphatic heterocycles. The molecule has 0 unspecified atom stereocenters. The van der Waals surface area contributed by atoms with E-state index in [1.807, 2.05) is 17.0 Å². The van der Waals surface area contributed by atoms with Crippen LogP contribution in [0.1, 0.15) is 31.4 Å². The number of rotatable bonds is 4. The number of carbonyl (C=O) groups is 1. The lowest BCUT2D eigenvalue weighted by atomic mass is 10.2. The molecule has 1 aliphatic rings. The predicted octanol–water partition coefficient (Wildman–Crippen LogP) is 1.85. The number of pyridine rings is 1. The fourth-order valence-corrected chi connectivity index (χ4v) is 2.66. The van der Waals surface area contributed by atoms with Crippen LogP contribution in [-0.2, 0) is 4.79 Å². The highest BCUT2D eigenvalue weighted by atomic mass is 32.2. The van der Waals surface area contributed by atoms with Crippen LogP contribution < -0.4 is 0 Å². The number of likely N-dealkylation sites (tertiary alicyclic amines) is 1. The fourth-order valence-electron chi connectivity index (χ4n) is 1.92.